The Morgan fingerprint density at radius 2 is 1.96 bits per heavy atom. The van der Waals surface area contributed by atoms with Crippen LogP contribution in [0.25, 0.3) is 0 Å². The highest BCUT2D eigenvalue weighted by molar-refractivity contribution is 5.78. The van der Waals surface area contributed by atoms with Gasteiger partial charge in [0.1, 0.15) is 19.3 Å². The van der Waals surface area contributed by atoms with Crippen LogP contribution in [0.2, 0.25) is 0 Å². The summed E-state index contributed by atoms with van der Waals surface area (Å²) in [6.07, 6.45) is 0.677. The van der Waals surface area contributed by atoms with Gasteiger partial charge in [0.25, 0.3) is 0 Å². The fraction of sp³-hybridized carbons (Fsp3) is 0.667. The van der Waals surface area contributed by atoms with E-state index in [9.17, 15) is 9.90 Å². The predicted octanol–water partition coefficient (Wildman–Crippen LogP) is 1.19. The number of para-hydroxylation sites is 2. The summed E-state index contributed by atoms with van der Waals surface area (Å²) >= 11 is 0. The lowest BCUT2D eigenvalue weighted by atomic mass is 9.78. The van der Waals surface area contributed by atoms with E-state index < -0.39 is 6.10 Å². The van der Waals surface area contributed by atoms with Crippen LogP contribution in [0.5, 0.6) is 11.5 Å². The molecule has 3 atom stereocenters. The number of rotatable bonds is 4. The highest BCUT2D eigenvalue weighted by Crippen LogP contribution is 2.36. The van der Waals surface area contributed by atoms with Gasteiger partial charge in [-0.3, -0.25) is 4.79 Å². The average Bonchev–Trinajstić information content (AvgIpc) is 2.71. The zero-order valence-corrected chi connectivity index (χ0v) is 16.6. The first-order valence-electron chi connectivity index (χ1n) is 10.2. The minimum Gasteiger partial charge on any atom is -0.486 e. The number of benzene rings is 1. The van der Waals surface area contributed by atoms with Crippen molar-refractivity contribution in [3.8, 4) is 11.5 Å². The molecule has 154 valence electrons. The van der Waals surface area contributed by atoms with E-state index in [1.165, 1.54) is 0 Å². The molecule has 0 aliphatic carbocycles. The maximum absolute atomic E-state index is 11.8. The third-order valence-corrected chi connectivity index (χ3v) is 6.15. The van der Waals surface area contributed by atoms with E-state index >= 15 is 0 Å². The van der Waals surface area contributed by atoms with Crippen LogP contribution >= 0.6 is 0 Å². The summed E-state index contributed by atoms with van der Waals surface area (Å²) in [6, 6.07) is 7.57. The molecule has 0 bridgehead atoms. The number of aliphatic hydroxyl groups is 1. The van der Waals surface area contributed by atoms with Gasteiger partial charge in [0.15, 0.2) is 17.6 Å². The Labute approximate surface area is 165 Å². The van der Waals surface area contributed by atoms with Crippen LogP contribution in [-0.4, -0.2) is 72.6 Å². The number of nitrogens with one attached hydrogen (secondary N) is 1. The summed E-state index contributed by atoms with van der Waals surface area (Å²) in [6.45, 7) is 6.90. The Morgan fingerprint density at radius 3 is 2.68 bits per heavy atom. The van der Waals surface area contributed by atoms with E-state index in [1.54, 1.807) is 0 Å². The predicted molar refractivity (Wildman–Crippen MR) is 103 cm³/mol. The fourth-order valence-electron chi connectivity index (χ4n) is 4.60. The molecule has 28 heavy (non-hydrogen) atoms. The van der Waals surface area contributed by atoms with E-state index in [4.69, 9.17) is 14.2 Å². The maximum atomic E-state index is 11.8. The van der Waals surface area contributed by atoms with Crippen molar-refractivity contribution in [2.45, 2.75) is 50.5 Å². The van der Waals surface area contributed by atoms with E-state index in [-0.39, 0.29) is 30.3 Å². The maximum Gasteiger partial charge on any atom is 0.246 e. The average molecular weight is 390 g/mol. The molecule has 0 aromatic heterocycles. The molecular weight excluding hydrogens is 360 g/mol. The highest BCUT2D eigenvalue weighted by Gasteiger charge is 2.47. The van der Waals surface area contributed by atoms with Crippen molar-refractivity contribution < 1.29 is 24.1 Å². The number of amides is 1. The number of hydrogen-bond donors (Lipinski definition) is 2. The van der Waals surface area contributed by atoms with Crippen LogP contribution in [0.4, 0.5) is 0 Å². The molecule has 2 saturated heterocycles. The summed E-state index contributed by atoms with van der Waals surface area (Å²) in [5.74, 6) is 1.69. The molecule has 3 aliphatic rings. The monoisotopic (exact) mass is 390 g/mol. The van der Waals surface area contributed by atoms with Gasteiger partial charge in [0, 0.05) is 19.6 Å². The zero-order valence-electron chi connectivity index (χ0n) is 16.6. The molecule has 7 nitrogen and oxygen atoms in total. The summed E-state index contributed by atoms with van der Waals surface area (Å²) in [5, 5.41) is 13.8. The molecule has 3 heterocycles. The Morgan fingerprint density at radius 1 is 1.25 bits per heavy atom. The number of morpholine rings is 1. The van der Waals surface area contributed by atoms with E-state index in [2.05, 4.69) is 24.1 Å². The highest BCUT2D eigenvalue weighted by atomic mass is 16.6. The van der Waals surface area contributed by atoms with Crippen molar-refractivity contribution in [3.05, 3.63) is 24.3 Å². The number of piperidine rings is 1. The number of fused-ring (bicyclic) bond motifs is 1. The second-order valence-electron chi connectivity index (χ2n) is 8.42. The van der Waals surface area contributed by atoms with Crippen molar-refractivity contribution in [1.29, 1.82) is 0 Å². The number of aliphatic hydroxyl groups excluding tert-OH is 1. The van der Waals surface area contributed by atoms with Gasteiger partial charge in [-0.1, -0.05) is 26.0 Å². The second kappa shape index (κ2) is 7.89. The van der Waals surface area contributed by atoms with Crippen LogP contribution in [0, 0.1) is 5.92 Å². The number of nitrogens with zero attached hydrogens (tertiary/aromatic N) is 1. The van der Waals surface area contributed by atoms with Crippen LogP contribution in [-0.2, 0) is 9.53 Å². The Hall–Kier alpha value is -1.83. The molecular formula is C21H30N2O5. The van der Waals surface area contributed by atoms with E-state index in [1.807, 2.05) is 24.3 Å². The standard InChI is InChI=1S/C21H30N2O5/c1-14(2)20-21(27-13-19(25)22-20)7-9-23(10-8-21)11-15(24)18-12-26-16-5-3-4-6-17(16)28-18/h3-6,14-15,18,20,24H,7-13H2,1-2H3,(H,22,25). The number of carbonyl (C=O) groups is 1. The summed E-state index contributed by atoms with van der Waals surface area (Å²) in [4.78, 5) is 14.0. The third kappa shape index (κ3) is 3.83. The van der Waals surface area contributed by atoms with Crippen molar-refractivity contribution >= 4 is 5.91 Å². The number of likely N-dealkylation sites (tertiary alicyclic amines) is 1. The number of carbonyl (C=O) groups excluding carboxylic acids is 1. The Bertz CT molecular complexity index is 702. The normalized spacial score (nSPS) is 28.2. The first-order valence-corrected chi connectivity index (χ1v) is 10.2. The molecule has 2 fully saturated rings. The summed E-state index contributed by atoms with van der Waals surface area (Å²) < 4.78 is 17.7. The lowest BCUT2D eigenvalue weighted by Gasteiger charge is -2.50. The first-order chi connectivity index (χ1) is 13.5. The number of hydrogen-bond acceptors (Lipinski definition) is 6. The molecule has 1 spiro atoms. The fourth-order valence-corrected chi connectivity index (χ4v) is 4.60. The summed E-state index contributed by atoms with van der Waals surface area (Å²) in [7, 11) is 0. The minimum atomic E-state index is -0.629. The quantitative estimate of drug-likeness (QED) is 0.804. The first kappa shape index (κ1) is 19.5. The van der Waals surface area contributed by atoms with Gasteiger partial charge in [-0.05, 0) is 30.9 Å². The van der Waals surface area contributed by atoms with E-state index in [0.29, 0.717) is 24.8 Å². The Kier molecular flexibility index (Phi) is 5.49. The van der Waals surface area contributed by atoms with Crippen LogP contribution in [0.1, 0.15) is 26.7 Å². The van der Waals surface area contributed by atoms with Crippen LogP contribution in [0.3, 0.4) is 0 Å². The van der Waals surface area contributed by atoms with Crippen molar-refractivity contribution in [3.63, 3.8) is 0 Å². The van der Waals surface area contributed by atoms with Gasteiger partial charge >= 0.3 is 0 Å². The second-order valence-corrected chi connectivity index (χ2v) is 8.42. The zero-order chi connectivity index (χ0) is 19.7. The number of ether oxygens (including phenoxy) is 3. The van der Waals surface area contributed by atoms with Crippen molar-refractivity contribution in [2.75, 3.05) is 32.8 Å². The lowest BCUT2D eigenvalue weighted by Crippen LogP contribution is -2.65. The third-order valence-electron chi connectivity index (χ3n) is 6.15. The minimum absolute atomic E-state index is 0.0306. The van der Waals surface area contributed by atoms with Gasteiger partial charge in [0.05, 0.1) is 11.6 Å². The SMILES string of the molecule is CC(C)C1NC(=O)COC12CCN(CC(O)C1COc3ccccc3O1)CC2. The van der Waals surface area contributed by atoms with Crippen LogP contribution < -0.4 is 14.8 Å². The molecule has 1 aromatic rings. The van der Waals surface area contributed by atoms with E-state index in [0.717, 1.165) is 31.7 Å². The molecule has 0 radical (unpaired) electrons. The van der Waals surface area contributed by atoms with Gasteiger partial charge in [-0.25, -0.2) is 0 Å². The Balaban J connectivity index is 1.32. The van der Waals surface area contributed by atoms with Crippen molar-refractivity contribution in [1.82, 2.24) is 10.2 Å². The molecule has 7 heteroatoms. The summed E-state index contributed by atoms with van der Waals surface area (Å²) in [5.41, 5.74) is -0.299. The molecule has 0 saturated carbocycles. The molecule has 1 aromatic carbocycles. The molecule has 3 unspecified atom stereocenters. The molecule has 2 N–H and O–H groups in total. The van der Waals surface area contributed by atoms with Crippen molar-refractivity contribution in [2.24, 2.45) is 5.92 Å². The van der Waals surface area contributed by atoms with Gasteiger partial charge in [-0.15, -0.1) is 0 Å². The van der Waals surface area contributed by atoms with Gasteiger partial charge < -0.3 is 29.5 Å². The smallest absolute Gasteiger partial charge is 0.246 e. The molecule has 1 amide bonds. The van der Waals surface area contributed by atoms with Gasteiger partial charge in [-0.2, -0.15) is 0 Å². The van der Waals surface area contributed by atoms with Crippen LogP contribution in [0.15, 0.2) is 24.3 Å². The lowest BCUT2D eigenvalue weighted by molar-refractivity contribution is -0.166. The molecule has 3 aliphatic heterocycles. The topological polar surface area (TPSA) is 80.3 Å². The largest absolute Gasteiger partial charge is 0.486 e. The van der Waals surface area contributed by atoms with Gasteiger partial charge in [0.2, 0.25) is 5.91 Å². The number of β-amino-alcohol motifs (C(OH)–C–C–N with tert-alkyl or cyclic N) is 1. The molecule has 4 rings (SSSR count).